The molecule has 0 aliphatic carbocycles. The Labute approximate surface area is 133 Å². The highest BCUT2D eigenvalue weighted by Gasteiger charge is 2.25. The summed E-state index contributed by atoms with van der Waals surface area (Å²) in [5, 5.41) is 4.22. The first-order valence-electron chi connectivity index (χ1n) is 8.00. The summed E-state index contributed by atoms with van der Waals surface area (Å²) in [7, 11) is 0. The summed E-state index contributed by atoms with van der Waals surface area (Å²) in [5.41, 5.74) is 1.13. The highest BCUT2D eigenvalue weighted by Crippen LogP contribution is 2.24. The molecule has 1 aromatic carbocycles. The molecule has 3 nitrogen and oxygen atoms in total. The molecule has 1 aliphatic heterocycles. The van der Waals surface area contributed by atoms with E-state index < -0.39 is 0 Å². The van der Waals surface area contributed by atoms with Crippen LogP contribution in [0.25, 0.3) is 0 Å². The second kappa shape index (κ2) is 8.62. The minimum atomic E-state index is 0.208. The Morgan fingerprint density at radius 1 is 1.29 bits per heavy atom. The largest absolute Gasteiger partial charge is 0.491 e. The minimum Gasteiger partial charge on any atom is -0.491 e. The molecule has 0 radical (unpaired) electrons. The first-order chi connectivity index (χ1) is 10.2. The van der Waals surface area contributed by atoms with E-state index in [1.165, 1.54) is 0 Å². The summed E-state index contributed by atoms with van der Waals surface area (Å²) >= 11 is 6.12. The zero-order valence-corrected chi connectivity index (χ0v) is 13.8. The van der Waals surface area contributed by atoms with Crippen molar-refractivity contribution in [1.82, 2.24) is 5.32 Å². The van der Waals surface area contributed by atoms with Gasteiger partial charge in [0.25, 0.3) is 0 Å². The van der Waals surface area contributed by atoms with Crippen LogP contribution in [0.4, 0.5) is 0 Å². The van der Waals surface area contributed by atoms with Gasteiger partial charge < -0.3 is 14.8 Å². The highest BCUT2D eigenvalue weighted by atomic mass is 35.5. The summed E-state index contributed by atoms with van der Waals surface area (Å²) in [4.78, 5) is 0. The van der Waals surface area contributed by atoms with Gasteiger partial charge in [-0.05, 0) is 56.0 Å². The fraction of sp³-hybridized carbons (Fsp3) is 0.647. The van der Waals surface area contributed by atoms with Gasteiger partial charge in [0, 0.05) is 11.6 Å². The summed E-state index contributed by atoms with van der Waals surface area (Å²) in [5.74, 6) is 0.882. The van der Waals surface area contributed by atoms with Crippen LogP contribution in [0, 0.1) is 0 Å². The molecule has 1 fully saturated rings. The van der Waals surface area contributed by atoms with E-state index in [9.17, 15) is 0 Å². The molecule has 0 saturated carbocycles. The van der Waals surface area contributed by atoms with Crippen molar-refractivity contribution in [3.8, 4) is 5.75 Å². The molecule has 1 aromatic rings. The lowest BCUT2D eigenvalue weighted by Gasteiger charge is -2.15. The van der Waals surface area contributed by atoms with Crippen LogP contribution in [0.1, 0.15) is 38.7 Å². The number of rotatable bonds is 8. The van der Waals surface area contributed by atoms with Crippen molar-refractivity contribution in [1.29, 1.82) is 0 Å². The zero-order valence-electron chi connectivity index (χ0n) is 13.0. The predicted molar refractivity (Wildman–Crippen MR) is 87.4 cm³/mol. The fourth-order valence-corrected chi connectivity index (χ4v) is 2.84. The van der Waals surface area contributed by atoms with Gasteiger partial charge in [-0.15, -0.1) is 0 Å². The van der Waals surface area contributed by atoms with Gasteiger partial charge >= 0.3 is 0 Å². The molecule has 1 saturated heterocycles. The Morgan fingerprint density at radius 2 is 2.10 bits per heavy atom. The number of aryl methyl sites for hydroxylation is 1. The molecule has 21 heavy (non-hydrogen) atoms. The quantitative estimate of drug-likeness (QED) is 0.740. The third kappa shape index (κ3) is 5.17. The molecule has 2 atom stereocenters. The molecule has 0 amide bonds. The molecule has 2 unspecified atom stereocenters. The van der Waals surface area contributed by atoms with Gasteiger partial charge in [-0.2, -0.15) is 0 Å². The summed E-state index contributed by atoms with van der Waals surface area (Å²) in [6.07, 6.45) is 4.82. The maximum Gasteiger partial charge on any atom is 0.119 e. The molecule has 1 heterocycles. The summed E-state index contributed by atoms with van der Waals surface area (Å²) in [6.45, 7) is 6.90. The average Bonchev–Trinajstić information content (AvgIpc) is 2.94. The third-order valence-electron chi connectivity index (χ3n) is 3.83. The summed E-state index contributed by atoms with van der Waals surface area (Å²) < 4.78 is 11.9. The fourth-order valence-electron chi connectivity index (χ4n) is 2.59. The Balaban J connectivity index is 1.74. The van der Waals surface area contributed by atoms with Crippen molar-refractivity contribution in [2.24, 2.45) is 0 Å². The van der Waals surface area contributed by atoms with Gasteiger partial charge in [0.05, 0.1) is 12.2 Å². The molecular formula is C17H26ClNO2. The molecule has 2 rings (SSSR count). The standard InChI is InChI=1S/C17H26ClNO2/c1-3-9-19-11-15-5-6-16(21-15)12-20-14-7-8-17(18)13(4-2)10-14/h7-8,10,15-16,19H,3-6,9,11-12H2,1-2H3. The van der Waals surface area contributed by atoms with Gasteiger partial charge in [0.2, 0.25) is 0 Å². The Hall–Kier alpha value is -0.770. The average molecular weight is 312 g/mol. The van der Waals surface area contributed by atoms with E-state index in [1.54, 1.807) is 0 Å². The number of ether oxygens (including phenoxy) is 2. The zero-order chi connectivity index (χ0) is 15.1. The van der Waals surface area contributed by atoms with E-state index in [0.717, 1.165) is 55.1 Å². The normalized spacial score (nSPS) is 21.7. The van der Waals surface area contributed by atoms with Gasteiger partial charge in [0.1, 0.15) is 12.4 Å². The number of hydrogen-bond donors (Lipinski definition) is 1. The van der Waals surface area contributed by atoms with Crippen LogP contribution in [0.5, 0.6) is 5.75 Å². The van der Waals surface area contributed by atoms with Crippen LogP contribution in [-0.2, 0) is 11.2 Å². The van der Waals surface area contributed by atoms with Crippen molar-refractivity contribution in [3.05, 3.63) is 28.8 Å². The van der Waals surface area contributed by atoms with Crippen molar-refractivity contribution in [2.45, 2.75) is 51.7 Å². The van der Waals surface area contributed by atoms with Gasteiger partial charge in [-0.25, -0.2) is 0 Å². The van der Waals surface area contributed by atoms with Crippen molar-refractivity contribution in [2.75, 3.05) is 19.7 Å². The molecular weight excluding hydrogens is 286 g/mol. The maximum absolute atomic E-state index is 6.12. The van der Waals surface area contributed by atoms with E-state index in [0.29, 0.717) is 12.7 Å². The Bertz CT molecular complexity index is 439. The van der Waals surface area contributed by atoms with Crippen molar-refractivity contribution >= 4 is 11.6 Å². The lowest BCUT2D eigenvalue weighted by Crippen LogP contribution is -2.28. The molecule has 1 aliphatic rings. The molecule has 1 N–H and O–H groups in total. The predicted octanol–water partition coefficient (Wildman–Crippen LogP) is 3.83. The second-order valence-corrected chi connectivity index (χ2v) is 5.99. The van der Waals surface area contributed by atoms with E-state index in [2.05, 4.69) is 19.2 Å². The van der Waals surface area contributed by atoms with E-state index in [4.69, 9.17) is 21.1 Å². The molecule has 4 heteroatoms. The second-order valence-electron chi connectivity index (χ2n) is 5.58. The van der Waals surface area contributed by atoms with Crippen molar-refractivity contribution in [3.63, 3.8) is 0 Å². The number of hydrogen-bond acceptors (Lipinski definition) is 3. The van der Waals surface area contributed by atoms with Gasteiger partial charge in [-0.3, -0.25) is 0 Å². The van der Waals surface area contributed by atoms with Crippen LogP contribution in [-0.4, -0.2) is 31.9 Å². The maximum atomic E-state index is 6.12. The smallest absolute Gasteiger partial charge is 0.119 e. The van der Waals surface area contributed by atoms with Crippen LogP contribution < -0.4 is 10.1 Å². The summed E-state index contributed by atoms with van der Waals surface area (Å²) in [6, 6.07) is 5.86. The molecule has 0 spiro atoms. The van der Waals surface area contributed by atoms with E-state index in [1.807, 2.05) is 18.2 Å². The SMILES string of the molecule is CCCNCC1CCC(COc2ccc(Cl)c(CC)c2)O1. The van der Waals surface area contributed by atoms with Gasteiger partial charge in [0.15, 0.2) is 0 Å². The third-order valence-corrected chi connectivity index (χ3v) is 4.20. The van der Waals surface area contributed by atoms with Crippen molar-refractivity contribution < 1.29 is 9.47 Å². The number of benzene rings is 1. The lowest BCUT2D eigenvalue weighted by molar-refractivity contribution is 0.0186. The van der Waals surface area contributed by atoms with E-state index >= 15 is 0 Å². The molecule has 0 bridgehead atoms. The number of nitrogens with one attached hydrogen (secondary N) is 1. The first-order valence-corrected chi connectivity index (χ1v) is 8.38. The highest BCUT2D eigenvalue weighted by molar-refractivity contribution is 6.31. The molecule has 118 valence electrons. The minimum absolute atomic E-state index is 0.208. The lowest BCUT2D eigenvalue weighted by atomic mass is 10.1. The Morgan fingerprint density at radius 3 is 2.86 bits per heavy atom. The van der Waals surface area contributed by atoms with Crippen LogP contribution in [0.3, 0.4) is 0 Å². The number of halogens is 1. The molecule has 0 aromatic heterocycles. The van der Waals surface area contributed by atoms with E-state index in [-0.39, 0.29) is 6.10 Å². The monoisotopic (exact) mass is 311 g/mol. The van der Waals surface area contributed by atoms with Crippen LogP contribution >= 0.6 is 11.6 Å². The topological polar surface area (TPSA) is 30.5 Å². The van der Waals surface area contributed by atoms with Gasteiger partial charge in [-0.1, -0.05) is 25.4 Å². The first kappa shape index (κ1) is 16.6. The van der Waals surface area contributed by atoms with Crippen LogP contribution in [0.2, 0.25) is 5.02 Å². The van der Waals surface area contributed by atoms with Crippen LogP contribution in [0.15, 0.2) is 18.2 Å². The Kier molecular flexibility index (Phi) is 6.81.